The van der Waals surface area contributed by atoms with Crippen molar-refractivity contribution in [1.29, 1.82) is 0 Å². The zero-order chi connectivity index (χ0) is 20.6. The number of hydrogen-bond donors (Lipinski definition) is 0. The normalized spacial score (nSPS) is 20.6. The second-order valence-electron chi connectivity index (χ2n) is 7.68. The molecule has 4 rings (SSSR count). The number of piperidine rings is 1. The molecule has 1 aromatic heterocycles. The van der Waals surface area contributed by atoms with Crippen molar-refractivity contribution in [3.8, 4) is 0 Å². The molecule has 3 heterocycles. The molecule has 0 aliphatic carbocycles. The van der Waals surface area contributed by atoms with Gasteiger partial charge in [0.15, 0.2) is 5.82 Å². The van der Waals surface area contributed by atoms with E-state index in [0.29, 0.717) is 50.7 Å². The highest BCUT2D eigenvalue weighted by molar-refractivity contribution is 7.88. The Kier molecular flexibility index (Phi) is 5.49. The maximum absolute atomic E-state index is 12.5. The molecule has 1 aromatic carbocycles. The molecule has 0 radical (unpaired) electrons. The molecule has 0 unspecified atom stereocenters. The van der Waals surface area contributed by atoms with Crippen molar-refractivity contribution < 1.29 is 21.4 Å². The predicted octanol–water partition coefficient (Wildman–Crippen LogP) is 1.14. The Hall–Kier alpha value is -1.82. The van der Waals surface area contributed by atoms with Crippen molar-refractivity contribution >= 4 is 20.0 Å². The van der Waals surface area contributed by atoms with Crippen LogP contribution in [-0.4, -0.2) is 68.0 Å². The van der Waals surface area contributed by atoms with Crippen LogP contribution in [0.5, 0.6) is 0 Å². The Morgan fingerprint density at radius 2 is 1.66 bits per heavy atom. The van der Waals surface area contributed by atoms with E-state index in [-0.39, 0.29) is 17.6 Å². The molecular formula is C18H24N4O5S2. The number of benzene rings is 1. The van der Waals surface area contributed by atoms with Gasteiger partial charge in [-0.1, -0.05) is 35.5 Å². The van der Waals surface area contributed by atoms with Crippen molar-refractivity contribution in [2.45, 2.75) is 30.4 Å². The molecule has 158 valence electrons. The van der Waals surface area contributed by atoms with Gasteiger partial charge < -0.3 is 4.52 Å². The predicted molar refractivity (Wildman–Crippen MR) is 106 cm³/mol. The van der Waals surface area contributed by atoms with Crippen molar-refractivity contribution in [2.24, 2.45) is 0 Å². The van der Waals surface area contributed by atoms with Gasteiger partial charge in [0.2, 0.25) is 25.9 Å². The van der Waals surface area contributed by atoms with Crippen LogP contribution in [-0.2, 0) is 25.8 Å². The molecule has 2 aliphatic heterocycles. The summed E-state index contributed by atoms with van der Waals surface area (Å²) in [6, 6.07) is 9.10. The zero-order valence-corrected chi connectivity index (χ0v) is 17.8. The van der Waals surface area contributed by atoms with E-state index in [1.54, 1.807) is 12.1 Å². The van der Waals surface area contributed by atoms with E-state index < -0.39 is 20.0 Å². The van der Waals surface area contributed by atoms with Gasteiger partial charge in [0.05, 0.1) is 17.9 Å². The van der Waals surface area contributed by atoms with Crippen LogP contribution in [0, 0.1) is 0 Å². The first-order chi connectivity index (χ1) is 13.7. The van der Waals surface area contributed by atoms with E-state index in [4.69, 9.17) is 4.52 Å². The molecule has 0 atom stereocenters. The topological polar surface area (TPSA) is 114 Å². The van der Waals surface area contributed by atoms with Crippen molar-refractivity contribution in [1.82, 2.24) is 18.8 Å². The minimum absolute atomic E-state index is 0.0193. The zero-order valence-electron chi connectivity index (χ0n) is 16.1. The molecule has 0 N–H and O–H groups in total. The summed E-state index contributed by atoms with van der Waals surface area (Å²) in [5.41, 5.74) is 0.761. The summed E-state index contributed by atoms with van der Waals surface area (Å²) in [6.07, 6.45) is 2.51. The summed E-state index contributed by atoms with van der Waals surface area (Å²) in [7, 11) is -6.54. The average molecular weight is 441 g/mol. The fourth-order valence-electron chi connectivity index (χ4n) is 3.72. The summed E-state index contributed by atoms with van der Waals surface area (Å²) in [4.78, 5) is 4.48. The van der Waals surface area contributed by atoms with E-state index in [2.05, 4.69) is 10.1 Å². The van der Waals surface area contributed by atoms with Crippen LogP contribution in [0.25, 0.3) is 0 Å². The third kappa shape index (κ3) is 4.52. The van der Waals surface area contributed by atoms with Crippen LogP contribution in [0.15, 0.2) is 34.9 Å². The third-order valence-corrected chi connectivity index (χ3v) is 8.61. The SMILES string of the molecule is CS(=O)(=O)N1CCC(c2noc(C3CN(S(=O)(=O)Cc4ccccc4)C3)n2)CC1. The number of nitrogens with zero attached hydrogens (tertiary/aromatic N) is 4. The quantitative estimate of drug-likeness (QED) is 0.662. The second-order valence-corrected chi connectivity index (χ2v) is 11.6. The van der Waals surface area contributed by atoms with Gasteiger partial charge in [-0.25, -0.2) is 21.1 Å². The summed E-state index contributed by atoms with van der Waals surface area (Å²) in [5.74, 6) is 0.978. The Labute approximate surface area is 170 Å². The Balaban J connectivity index is 1.33. The Bertz CT molecular complexity index is 1050. The highest BCUT2D eigenvalue weighted by atomic mass is 32.2. The number of hydrogen-bond acceptors (Lipinski definition) is 7. The molecule has 0 amide bonds. The Morgan fingerprint density at radius 1 is 1.00 bits per heavy atom. The standard InChI is InChI=1S/C18H24N4O5S2/c1-28(23,24)21-9-7-15(8-10-21)17-19-18(27-20-17)16-11-22(12-16)29(25,26)13-14-5-3-2-4-6-14/h2-6,15-16H,7-13H2,1H3. The lowest BCUT2D eigenvalue weighted by Crippen LogP contribution is -2.48. The first-order valence-electron chi connectivity index (χ1n) is 9.53. The number of aromatic nitrogens is 2. The first-order valence-corrected chi connectivity index (χ1v) is 13.0. The molecular weight excluding hydrogens is 416 g/mol. The molecule has 0 spiro atoms. The molecule has 0 bridgehead atoms. The fraction of sp³-hybridized carbons (Fsp3) is 0.556. The molecule has 2 aromatic rings. The monoisotopic (exact) mass is 440 g/mol. The van der Waals surface area contributed by atoms with Gasteiger partial charge >= 0.3 is 0 Å². The van der Waals surface area contributed by atoms with E-state index in [0.717, 1.165) is 5.56 Å². The first kappa shape index (κ1) is 20.5. The highest BCUT2D eigenvalue weighted by Gasteiger charge is 2.40. The molecule has 29 heavy (non-hydrogen) atoms. The van der Waals surface area contributed by atoms with E-state index in [1.165, 1.54) is 14.9 Å². The maximum atomic E-state index is 12.5. The minimum atomic E-state index is -3.37. The summed E-state index contributed by atoms with van der Waals surface area (Å²) in [5, 5.41) is 4.06. The van der Waals surface area contributed by atoms with E-state index in [1.807, 2.05) is 18.2 Å². The maximum Gasteiger partial charge on any atom is 0.232 e. The lowest BCUT2D eigenvalue weighted by molar-refractivity contribution is 0.216. The molecule has 0 saturated carbocycles. The highest BCUT2D eigenvalue weighted by Crippen LogP contribution is 2.32. The van der Waals surface area contributed by atoms with Crippen molar-refractivity contribution in [3.63, 3.8) is 0 Å². The lowest BCUT2D eigenvalue weighted by Gasteiger charge is -2.35. The van der Waals surface area contributed by atoms with Crippen LogP contribution >= 0.6 is 0 Å². The van der Waals surface area contributed by atoms with Gasteiger partial charge in [0, 0.05) is 32.1 Å². The average Bonchev–Trinajstić information content (AvgIpc) is 3.09. The van der Waals surface area contributed by atoms with Gasteiger partial charge in [-0.05, 0) is 18.4 Å². The molecule has 2 aliphatic rings. The van der Waals surface area contributed by atoms with Crippen LogP contribution in [0.4, 0.5) is 0 Å². The molecule has 11 heteroatoms. The van der Waals surface area contributed by atoms with Gasteiger partial charge in [0.1, 0.15) is 0 Å². The summed E-state index contributed by atoms with van der Waals surface area (Å²) >= 11 is 0. The molecule has 2 fully saturated rings. The fourth-order valence-corrected chi connectivity index (χ4v) is 6.21. The van der Waals surface area contributed by atoms with Gasteiger partial charge in [0.25, 0.3) is 0 Å². The number of rotatable bonds is 6. The summed E-state index contributed by atoms with van der Waals surface area (Å²) in [6.45, 7) is 1.57. The van der Waals surface area contributed by atoms with Crippen LogP contribution in [0.3, 0.4) is 0 Å². The molecule has 2 saturated heterocycles. The third-order valence-electron chi connectivity index (χ3n) is 5.53. The summed E-state index contributed by atoms with van der Waals surface area (Å²) < 4.78 is 56.6. The van der Waals surface area contributed by atoms with Gasteiger partial charge in [-0.2, -0.15) is 9.29 Å². The van der Waals surface area contributed by atoms with E-state index >= 15 is 0 Å². The molecule has 9 nitrogen and oxygen atoms in total. The largest absolute Gasteiger partial charge is 0.339 e. The Morgan fingerprint density at radius 3 is 2.28 bits per heavy atom. The van der Waals surface area contributed by atoms with E-state index in [9.17, 15) is 16.8 Å². The smallest absolute Gasteiger partial charge is 0.232 e. The number of sulfonamides is 2. The van der Waals surface area contributed by atoms with Gasteiger partial charge in [-0.15, -0.1) is 0 Å². The van der Waals surface area contributed by atoms with Crippen molar-refractivity contribution in [2.75, 3.05) is 32.4 Å². The van der Waals surface area contributed by atoms with Crippen LogP contribution in [0.1, 0.15) is 42.0 Å². The lowest BCUT2D eigenvalue weighted by atomic mass is 9.97. The van der Waals surface area contributed by atoms with Crippen LogP contribution < -0.4 is 0 Å². The minimum Gasteiger partial charge on any atom is -0.339 e. The second kappa shape index (κ2) is 7.78. The van der Waals surface area contributed by atoms with Crippen LogP contribution in [0.2, 0.25) is 0 Å². The van der Waals surface area contributed by atoms with Gasteiger partial charge in [-0.3, -0.25) is 0 Å². The van der Waals surface area contributed by atoms with Crippen molar-refractivity contribution in [3.05, 3.63) is 47.6 Å².